The van der Waals surface area contributed by atoms with E-state index in [4.69, 9.17) is 5.84 Å². The molecule has 21 heavy (non-hydrogen) atoms. The molecule has 0 spiro atoms. The van der Waals surface area contributed by atoms with Crippen LogP contribution in [0.25, 0.3) is 0 Å². The zero-order valence-corrected chi connectivity index (χ0v) is 13.1. The molecule has 0 bridgehead atoms. The molecule has 0 amide bonds. The summed E-state index contributed by atoms with van der Waals surface area (Å²) in [5, 5.41) is 4.28. The van der Waals surface area contributed by atoms with E-state index in [9.17, 15) is 0 Å². The molecule has 0 radical (unpaired) electrons. The second-order valence-corrected chi connectivity index (χ2v) is 6.31. The number of hydrazine groups is 1. The van der Waals surface area contributed by atoms with Crippen molar-refractivity contribution in [2.45, 2.75) is 51.0 Å². The normalized spacial score (nSPS) is 19.2. The second-order valence-electron chi connectivity index (χ2n) is 5.52. The van der Waals surface area contributed by atoms with Crippen LogP contribution in [0.4, 0.5) is 0 Å². The van der Waals surface area contributed by atoms with Gasteiger partial charge in [0.1, 0.15) is 0 Å². The lowest BCUT2D eigenvalue weighted by atomic mass is 9.81. The van der Waals surface area contributed by atoms with Gasteiger partial charge in [-0.25, -0.2) is 0 Å². The molecule has 0 aromatic carbocycles. The molecular weight excluding hydrogens is 282 g/mol. The Labute approximate surface area is 129 Å². The minimum absolute atomic E-state index is 0.0560. The molecule has 112 valence electrons. The molecule has 1 aliphatic carbocycles. The summed E-state index contributed by atoms with van der Waals surface area (Å²) < 4.78 is 4.14. The van der Waals surface area contributed by atoms with Gasteiger partial charge in [-0.15, -0.1) is 5.10 Å². The van der Waals surface area contributed by atoms with E-state index < -0.39 is 0 Å². The van der Waals surface area contributed by atoms with Gasteiger partial charge in [-0.3, -0.25) is 16.3 Å². The summed E-state index contributed by atoms with van der Waals surface area (Å²) >= 11 is 1.46. The number of rotatable bonds is 5. The summed E-state index contributed by atoms with van der Waals surface area (Å²) in [6.45, 7) is 2.16. The van der Waals surface area contributed by atoms with Gasteiger partial charge in [0.05, 0.1) is 16.6 Å². The standard InChI is InChI=1S/C15H21N5S/c1-2-5-12-15(21-20-19-12)14(18-16)11-8-3-6-10-7-4-9-17-13(10)11/h4,7,9,11,14,18H,2-3,5-6,8,16H2,1H3. The third kappa shape index (κ3) is 2.84. The maximum Gasteiger partial charge on any atom is 0.0804 e. The topological polar surface area (TPSA) is 76.7 Å². The van der Waals surface area contributed by atoms with Crippen molar-refractivity contribution >= 4 is 11.5 Å². The summed E-state index contributed by atoms with van der Waals surface area (Å²) in [5.74, 6) is 6.19. The highest BCUT2D eigenvalue weighted by atomic mass is 32.1. The van der Waals surface area contributed by atoms with Crippen LogP contribution in [0.3, 0.4) is 0 Å². The molecule has 3 N–H and O–H groups in total. The van der Waals surface area contributed by atoms with Gasteiger partial charge in [0, 0.05) is 17.8 Å². The van der Waals surface area contributed by atoms with Crippen molar-refractivity contribution in [3.05, 3.63) is 40.2 Å². The Morgan fingerprint density at radius 1 is 1.52 bits per heavy atom. The first-order chi connectivity index (χ1) is 10.3. The zero-order valence-electron chi connectivity index (χ0n) is 12.2. The zero-order chi connectivity index (χ0) is 14.7. The van der Waals surface area contributed by atoms with Crippen molar-refractivity contribution in [3.8, 4) is 0 Å². The second kappa shape index (κ2) is 6.60. The highest BCUT2D eigenvalue weighted by molar-refractivity contribution is 7.05. The van der Waals surface area contributed by atoms with Crippen LogP contribution in [0.2, 0.25) is 0 Å². The maximum absolute atomic E-state index is 5.89. The van der Waals surface area contributed by atoms with Crippen molar-refractivity contribution in [1.82, 2.24) is 20.0 Å². The van der Waals surface area contributed by atoms with Crippen molar-refractivity contribution in [2.24, 2.45) is 5.84 Å². The number of fused-ring (bicyclic) bond motifs is 1. The molecule has 3 rings (SSSR count). The van der Waals surface area contributed by atoms with Gasteiger partial charge in [0.15, 0.2) is 0 Å². The van der Waals surface area contributed by atoms with Crippen LogP contribution in [0.1, 0.15) is 60.0 Å². The van der Waals surface area contributed by atoms with Crippen LogP contribution in [-0.4, -0.2) is 14.6 Å². The molecule has 1 aliphatic rings. The first-order valence-corrected chi connectivity index (χ1v) is 8.33. The predicted octanol–water partition coefficient (Wildman–Crippen LogP) is 2.51. The fraction of sp³-hybridized carbons (Fsp3) is 0.533. The molecule has 0 saturated carbocycles. The Morgan fingerprint density at radius 2 is 2.43 bits per heavy atom. The van der Waals surface area contributed by atoms with Crippen LogP contribution in [0.15, 0.2) is 18.3 Å². The largest absolute Gasteiger partial charge is 0.271 e. The van der Waals surface area contributed by atoms with E-state index >= 15 is 0 Å². The lowest BCUT2D eigenvalue weighted by Crippen LogP contribution is -2.34. The summed E-state index contributed by atoms with van der Waals surface area (Å²) in [7, 11) is 0. The molecular formula is C15H21N5S. The molecule has 0 saturated heterocycles. The van der Waals surface area contributed by atoms with Crippen molar-refractivity contribution in [3.63, 3.8) is 0 Å². The average molecular weight is 303 g/mol. The van der Waals surface area contributed by atoms with E-state index in [1.54, 1.807) is 0 Å². The van der Waals surface area contributed by atoms with Gasteiger partial charge in [-0.2, -0.15) is 0 Å². The summed E-state index contributed by atoms with van der Waals surface area (Å²) in [6, 6.07) is 4.25. The van der Waals surface area contributed by atoms with Gasteiger partial charge >= 0.3 is 0 Å². The van der Waals surface area contributed by atoms with Crippen LogP contribution in [-0.2, 0) is 12.8 Å². The maximum atomic E-state index is 5.89. The molecule has 2 atom stereocenters. The molecule has 2 heterocycles. The Hall–Kier alpha value is -1.37. The van der Waals surface area contributed by atoms with Crippen molar-refractivity contribution in [1.29, 1.82) is 0 Å². The lowest BCUT2D eigenvalue weighted by Gasteiger charge is -2.30. The third-order valence-electron chi connectivity index (χ3n) is 4.17. The van der Waals surface area contributed by atoms with E-state index in [1.807, 2.05) is 12.3 Å². The number of hydrogen-bond donors (Lipinski definition) is 2. The quantitative estimate of drug-likeness (QED) is 0.655. The first kappa shape index (κ1) is 14.6. The number of nitrogens with one attached hydrogen (secondary N) is 1. The number of nitrogens with zero attached hydrogens (tertiary/aromatic N) is 3. The highest BCUT2D eigenvalue weighted by Gasteiger charge is 2.32. The van der Waals surface area contributed by atoms with Crippen molar-refractivity contribution in [2.75, 3.05) is 0 Å². The molecule has 6 heteroatoms. The van der Waals surface area contributed by atoms with E-state index in [2.05, 4.69) is 33.0 Å². The Kier molecular flexibility index (Phi) is 4.57. The fourth-order valence-electron chi connectivity index (χ4n) is 3.21. The van der Waals surface area contributed by atoms with Crippen LogP contribution in [0.5, 0.6) is 0 Å². The summed E-state index contributed by atoms with van der Waals surface area (Å²) in [4.78, 5) is 5.79. The first-order valence-electron chi connectivity index (χ1n) is 7.56. The molecule has 2 aromatic rings. The van der Waals surface area contributed by atoms with Crippen LogP contribution < -0.4 is 11.3 Å². The smallest absolute Gasteiger partial charge is 0.0804 e. The third-order valence-corrected chi connectivity index (χ3v) is 5.02. The molecule has 2 unspecified atom stereocenters. The lowest BCUT2D eigenvalue weighted by molar-refractivity contribution is 0.402. The SMILES string of the molecule is CCCc1nnsc1C(NN)C1CCCc2cccnc21. The molecule has 5 nitrogen and oxygen atoms in total. The van der Waals surface area contributed by atoms with Crippen LogP contribution in [0, 0.1) is 0 Å². The highest BCUT2D eigenvalue weighted by Crippen LogP contribution is 2.40. The Bertz CT molecular complexity index is 597. The number of pyridine rings is 1. The van der Waals surface area contributed by atoms with E-state index in [0.29, 0.717) is 5.92 Å². The number of aryl methyl sites for hydroxylation is 2. The van der Waals surface area contributed by atoms with Gasteiger partial charge in [0.25, 0.3) is 0 Å². The van der Waals surface area contributed by atoms with Gasteiger partial charge in [-0.05, 0) is 48.8 Å². The Morgan fingerprint density at radius 3 is 3.24 bits per heavy atom. The monoisotopic (exact) mass is 303 g/mol. The van der Waals surface area contributed by atoms with Crippen LogP contribution >= 0.6 is 11.5 Å². The van der Waals surface area contributed by atoms with E-state index in [1.165, 1.54) is 34.1 Å². The van der Waals surface area contributed by atoms with Crippen molar-refractivity contribution < 1.29 is 0 Å². The summed E-state index contributed by atoms with van der Waals surface area (Å²) in [6.07, 6.45) is 7.28. The molecule has 0 aliphatic heterocycles. The van der Waals surface area contributed by atoms with Gasteiger partial charge in [-0.1, -0.05) is 23.9 Å². The Balaban J connectivity index is 1.96. The number of hydrogen-bond acceptors (Lipinski definition) is 6. The predicted molar refractivity (Wildman–Crippen MR) is 83.9 cm³/mol. The molecule has 2 aromatic heterocycles. The minimum Gasteiger partial charge on any atom is -0.271 e. The van der Waals surface area contributed by atoms with E-state index in [0.717, 1.165) is 31.4 Å². The average Bonchev–Trinajstić information content (AvgIpc) is 2.97. The van der Waals surface area contributed by atoms with E-state index in [-0.39, 0.29) is 6.04 Å². The minimum atomic E-state index is 0.0560. The number of aromatic nitrogens is 3. The number of nitrogens with two attached hydrogens (primary N) is 1. The van der Waals surface area contributed by atoms with Gasteiger partial charge in [0.2, 0.25) is 0 Å². The molecule has 0 fully saturated rings. The fourth-order valence-corrected chi connectivity index (χ4v) is 4.03. The van der Waals surface area contributed by atoms with Gasteiger partial charge < -0.3 is 0 Å². The summed E-state index contributed by atoms with van der Waals surface area (Å²) in [5.41, 5.74) is 6.62.